The lowest BCUT2D eigenvalue weighted by molar-refractivity contribution is -0.117. The molecule has 3 aromatic rings. The third-order valence-corrected chi connectivity index (χ3v) is 4.38. The van der Waals surface area contributed by atoms with Crippen LogP contribution in [0.2, 0.25) is 5.02 Å². The Morgan fingerprint density at radius 3 is 2.59 bits per heavy atom. The van der Waals surface area contributed by atoms with Gasteiger partial charge in [0.2, 0.25) is 0 Å². The van der Waals surface area contributed by atoms with E-state index in [1.807, 2.05) is 36.4 Å². The molecular weight excluding hydrogens is 392 g/mol. The zero-order chi connectivity index (χ0) is 20.8. The Morgan fingerprint density at radius 1 is 1.14 bits per heavy atom. The standard InChI is InChI=1S/C22H15ClN2O4/c23-19-8-6-15(22(27)28)11-18(19)20-9-7-17(29-20)10-16(12-24)21(26)25-13-14-4-2-1-3-5-14/h1-11H,13H2,(H,25,26)(H,27,28)/b16-10-. The first-order valence-corrected chi connectivity index (χ1v) is 8.92. The maximum atomic E-state index is 12.3. The molecule has 0 aliphatic carbocycles. The Balaban J connectivity index is 1.79. The summed E-state index contributed by atoms with van der Waals surface area (Å²) in [5, 5.41) is 21.4. The highest BCUT2D eigenvalue weighted by Crippen LogP contribution is 2.31. The maximum Gasteiger partial charge on any atom is 0.335 e. The molecule has 0 radical (unpaired) electrons. The molecule has 0 saturated heterocycles. The van der Waals surface area contributed by atoms with E-state index in [2.05, 4.69) is 5.32 Å². The molecule has 1 amide bonds. The molecule has 0 fully saturated rings. The SMILES string of the molecule is N#C/C(=C/c1ccc(-c2cc(C(=O)O)ccc2Cl)o1)C(=O)NCc1ccccc1. The fraction of sp³-hybridized carbons (Fsp3) is 0.0455. The zero-order valence-corrected chi connectivity index (χ0v) is 15.8. The summed E-state index contributed by atoms with van der Waals surface area (Å²) in [5.74, 6) is -1.02. The van der Waals surface area contributed by atoms with Crippen LogP contribution in [0.3, 0.4) is 0 Å². The van der Waals surface area contributed by atoms with Gasteiger partial charge < -0.3 is 14.8 Å². The zero-order valence-electron chi connectivity index (χ0n) is 15.1. The number of carbonyl (C=O) groups is 2. The number of carboxylic acid groups (broad SMARTS) is 1. The summed E-state index contributed by atoms with van der Waals surface area (Å²) in [6, 6.07) is 18.6. The fourth-order valence-electron chi connectivity index (χ4n) is 2.59. The predicted octanol–water partition coefficient (Wildman–Crippen LogP) is 4.52. The molecule has 7 heteroatoms. The number of benzene rings is 2. The van der Waals surface area contributed by atoms with Gasteiger partial charge in [-0.05, 0) is 35.9 Å². The van der Waals surface area contributed by atoms with E-state index in [1.165, 1.54) is 24.3 Å². The van der Waals surface area contributed by atoms with Crippen molar-refractivity contribution in [2.75, 3.05) is 0 Å². The monoisotopic (exact) mass is 406 g/mol. The number of nitriles is 1. The number of nitrogens with one attached hydrogen (secondary N) is 1. The van der Waals surface area contributed by atoms with Crippen molar-refractivity contribution in [2.45, 2.75) is 6.54 Å². The lowest BCUT2D eigenvalue weighted by Crippen LogP contribution is -2.23. The number of halogens is 1. The van der Waals surface area contributed by atoms with Gasteiger partial charge in [-0.1, -0.05) is 41.9 Å². The highest BCUT2D eigenvalue weighted by molar-refractivity contribution is 6.33. The summed E-state index contributed by atoms with van der Waals surface area (Å²) in [7, 11) is 0. The van der Waals surface area contributed by atoms with Crippen molar-refractivity contribution in [3.05, 3.63) is 88.1 Å². The van der Waals surface area contributed by atoms with Gasteiger partial charge in [-0.3, -0.25) is 4.79 Å². The largest absolute Gasteiger partial charge is 0.478 e. The van der Waals surface area contributed by atoms with Crippen LogP contribution in [0, 0.1) is 11.3 Å². The predicted molar refractivity (Wildman–Crippen MR) is 108 cm³/mol. The smallest absolute Gasteiger partial charge is 0.335 e. The number of furan rings is 1. The minimum Gasteiger partial charge on any atom is -0.478 e. The number of hydrogen-bond donors (Lipinski definition) is 2. The number of carbonyl (C=O) groups excluding carboxylic acids is 1. The van der Waals surface area contributed by atoms with Gasteiger partial charge in [0.1, 0.15) is 23.2 Å². The van der Waals surface area contributed by atoms with Crippen molar-refractivity contribution in [3.63, 3.8) is 0 Å². The van der Waals surface area contributed by atoms with E-state index in [0.717, 1.165) is 5.56 Å². The van der Waals surface area contributed by atoms with Crippen molar-refractivity contribution < 1.29 is 19.1 Å². The van der Waals surface area contributed by atoms with Gasteiger partial charge in [-0.2, -0.15) is 5.26 Å². The topological polar surface area (TPSA) is 103 Å². The molecule has 0 atom stereocenters. The van der Waals surface area contributed by atoms with E-state index < -0.39 is 11.9 Å². The van der Waals surface area contributed by atoms with E-state index >= 15 is 0 Å². The summed E-state index contributed by atoms with van der Waals surface area (Å²) in [4.78, 5) is 23.4. The van der Waals surface area contributed by atoms with Crippen LogP contribution < -0.4 is 5.32 Å². The molecule has 0 bridgehead atoms. The van der Waals surface area contributed by atoms with E-state index in [1.54, 1.807) is 12.1 Å². The van der Waals surface area contributed by atoms with Gasteiger partial charge in [-0.25, -0.2) is 4.79 Å². The number of hydrogen-bond acceptors (Lipinski definition) is 4. The summed E-state index contributed by atoms with van der Waals surface area (Å²) < 4.78 is 5.65. The van der Waals surface area contributed by atoms with Gasteiger partial charge in [0, 0.05) is 18.2 Å². The molecule has 6 nitrogen and oxygen atoms in total. The van der Waals surface area contributed by atoms with Crippen LogP contribution in [-0.4, -0.2) is 17.0 Å². The van der Waals surface area contributed by atoms with E-state index in [-0.39, 0.29) is 16.9 Å². The van der Waals surface area contributed by atoms with E-state index in [9.17, 15) is 14.9 Å². The normalized spacial score (nSPS) is 11.0. The Bertz CT molecular complexity index is 1130. The Kier molecular flexibility index (Phi) is 6.12. The van der Waals surface area contributed by atoms with Crippen molar-refractivity contribution >= 4 is 29.6 Å². The minimum atomic E-state index is -1.09. The summed E-state index contributed by atoms with van der Waals surface area (Å²) >= 11 is 6.14. The molecule has 1 aromatic heterocycles. The first kappa shape index (κ1) is 19.9. The molecule has 2 aromatic carbocycles. The molecule has 0 saturated carbocycles. The van der Waals surface area contributed by atoms with Gasteiger partial charge >= 0.3 is 5.97 Å². The van der Waals surface area contributed by atoms with Crippen LogP contribution in [0.15, 0.2) is 70.7 Å². The van der Waals surface area contributed by atoms with Crippen LogP contribution in [0.5, 0.6) is 0 Å². The Labute approximate surface area is 171 Å². The van der Waals surface area contributed by atoms with Crippen LogP contribution >= 0.6 is 11.6 Å². The maximum absolute atomic E-state index is 12.3. The van der Waals surface area contributed by atoms with Crippen molar-refractivity contribution in [1.82, 2.24) is 5.32 Å². The molecule has 0 aliphatic heterocycles. The minimum absolute atomic E-state index is 0.0656. The lowest BCUT2D eigenvalue weighted by atomic mass is 10.1. The van der Waals surface area contributed by atoms with Crippen LogP contribution in [-0.2, 0) is 11.3 Å². The highest BCUT2D eigenvalue weighted by Gasteiger charge is 2.14. The highest BCUT2D eigenvalue weighted by atomic mass is 35.5. The summed E-state index contributed by atoms with van der Waals surface area (Å²) in [6.45, 7) is 0.291. The number of carboxylic acids is 1. The summed E-state index contributed by atoms with van der Waals surface area (Å²) in [6.07, 6.45) is 1.32. The molecule has 144 valence electrons. The number of nitrogens with zero attached hydrogens (tertiary/aromatic N) is 1. The quantitative estimate of drug-likeness (QED) is 0.462. The number of aromatic carboxylic acids is 1. The summed E-state index contributed by atoms with van der Waals surface area (Å²) in [5.41, 5.74) is 1.26. The van der Waals surface area contributed by atoms with Gasteiger partial charge in [-0.15, -0.1) is 0 Å². The van der Waals surface area contributed by atoms with Gasteiger partial charge in [0.25, 0.3) is 5.91 Å². The Hall–Kier alpha value is -3.82. The Morgan fingerprint density at radius 2 is 1.90 bits per heavy atom. The molecule has 2 N–H and O–H groups in total. The second kappa shape index (κ2) is 8.91. The first-order valence-electron chi connectivity index (χ1n) is 8.55. The molecule has 1 heterocycles. The van der Waals surface area contributed by atoms with E-state index in [4.69, 9.17) is 21.1 Å². The van der Waals surface area contributed by atoms with Crippen LogP contribution in [0.1, 0.15) is 21.7 Å². The third-order valence-electron chi connectivity index (χ3n) is 4.05. The molecule has 3 rings (SSSR count). The fourth-order valence-corrected chi connectivity index (χ4v) is 2.80. The second-order valence-electron chi connectivity index (χ2n) is 6.04. The number of amides is 1. The molecule has 29 heavy (non-hydrogen) atoms. The molecule has 0 aliphatic rings. The average molecular weight is 407 g/mol. The van der Waals surface area contributed by atoms with Crippen LogP contribution in [0.25, 0.3) is 17.4 Å². The van der Waals surface area contributed by atoms with E-state index in [0.29, 0.717) is 22.9 Å². The van der Waals surface area contributed by atoms with Crippen molar-refractivity contribution in [2.24, 2.45) is 0 Å². The van der Waals surface area contributed by atoms with Gasteiger partial charge in [0.15, 0.2) is 0 Å². The molecular formula is C22H15ClN2O4. The number of rotatable bonds is 6. The third kappa shape index (κ3) is 4.92. The van der Waals surface area contributed by atoms with Crippen molar-refractivity contribution in [3.8, 4) is 17.4 Å². The molecule has 0 unspecified atom stereocenters. The molecule has 0 spiro atoms. The van der Waals surface area contributed by atoms with Crippen LogP contribution in [0.4, 0.5) is 0 Å². The van der Waals surface area contributed by atoms with Crippen molar-refractivity contribution in [1.29, 1.82) is 5.26 Å². The van der Waals surface area contributed by atoms with Gasteiger partial charge in [0.05, 0.1) is 10.6 Å². The lowest BCUT2D eigenvalue weighted by Gasteiger charge is -2.04. The average Bonchev–Trinajstić information content (AvgIpc) is 3.19. The second-order valence-corrected chi connectivity index (χ2v) is 6.45. The first-order chi connectivity index (χ1) is 14.0.